The molecular formula is C23H30N2O2. The number of amides is 1. The van der Waals surface area contributed by atoms with E-state index in [2.05, 4.69) is 62.6 Å². The number of anilines is 2. The molecule has 1 atom stereocenters. The molecule has 2 aromatic rings. The molecule has 1 unspecified atom stereocenters. The Morgan fingerprint density at radius 3 is 2.59 bits per heavy atom. The van der Waals surface area contributed by atoms with Crippen LogP contribution in [0, 0.1) is 0 Å². The van der Waals surface area contributed by atoms with Crippen LogP contribution in [0.15, 0.2) is 42.5 Å². The quantitative estimate of drug-likeness (QED) is 0.770. The van der Waals surface area contributed by atoms with E-state index in [1.807, 2.05) is 18.2 Å². The Morgan fingerprint density at radius 1 is 1.19 bits per heavy atom. The normalized spacial score (nSPS) is 16.1. The maximum atomic E-state index is 12.3. The van der Waals surface area contributed by atoms with E-state index in [4.69, 9.17) is 4.74 Å². The van der Waals surface area contributed by atoms with E-state index >= 15 is 0 Å². The van der Waals surface area contributed by atoms with E-state index in [0.29, 0.717) is 6.42 Å². The van der Waals surface area contributed by atoms with E-state index in [1.54, 1.807) is 0 Å². The van der Waals surface area contributed by atoms with E-state index in [-0.39, 0.29) is 17.4 Å². The number of rotatable bonds is 5. The minimum Gasteiger partial charge on any atom is -0.486 e. The van der Waals surface area contributed by atoms with Gasteiger partial charge < -0.3 is 15.4 Å². The fourth-order valence-corrected chi connectivity index (χ4v) is 3.17. The number of aryl methyl sites for hydroxylation is 1. The average molecular weight is 367 g/mol. The summed E-state index contributed by atoms with van der Waals surface area (Å²) in [6.07, 6.45) is 2.39. The minimum atomic E-state index is 0.0259. The molecule has 0 radical (unpaired) electrons. The minimum absolute atomic E-state index is 0.0259. The molecule has 1 amide bonds. The first kappa shape index (κ1) is 19.3. The van der Waals surface area contributed by atoms with Gasteiger partial charge in [0.1, 0.15) is 11.9 Å². The molecule has 2 aromatic carbocycles. The van der Waals surface area contributed by atoms with Crippen LogP contribution in [0.2, 0.25) is 0 Å². The van der Waals surface area contributed by atoms with Gasteiger partial charge in [-0.2, -0.15) is 0 Å². The number of fused-ring (bicyclic) bond motifs is 1. The second kappa shape index (κ2) is 8.03. The molecule has 1 aliphatic heterocycles. The van der Waals surface area contributed by atoms with Crippen LogP contribution in [-0.4, -0.2) is 18.6 Å². The first-order chi connectivity index (χ1) is 12.8. The van der Waals surface area contributed by atoms with Gasteiger partial charge in [0.05, 0.1) is 12.2 Å². The lowest BCUT2D eigenvalue weighted by Crippen LogP contribution is -2.30. The number of benzene rings is 2. The summed E-state index contributed by atoms with van der Waals surface area (Å²) >= 11 is 0. The first-order valence-corrected chi connectivity index (χ1v) is 9.79. The van der Waals surface area contributed by atoms with Crippen LogP contribution in [0.3, 0.4) is 0 Å². The Hall–Kier alpha value is -2.49. The van der Waals surface area contributed by atoms with Gasteiger partial charge in [0.2, 0.25) is 5.91 Å². The fraction of sp³-hybridized carbons (Fsp3) is 0.435. The van der Waals surface area contributed by atoms with Gasteiger partial charge in [0.15, 0.2) is 0 Å². The van der Waals surface area contributed by atoms with Crippen molar-refractivity contribution >= 4 is 17.3 Å². The highest BCUT2D eigenvalue weighted by molar-refractivity contribution is 5.91. The maximum Gasteiger partial charge on any atom is 0.224 e. The van der Waals surface area contributed by atoms with Gasteiger partial charge in [0.25, 0.3) is 0 Å². The summed E-state index contributed by atoms with van der Waals surface area (Å²) in [6.45, 7) is 9.52. The van der Waals surface area contributed by atoms with Crippen molar-refractivity contribution in [2.45, 2.75) is 58.5 Å². The molecule has 2 N–H and O–H groups in total. The maximum absolute atomic E-state index is 12.3. The van der Waals surface area contributed by atoms with Crippen LogP contribution in [0.25, 0.3) is 0 Å². The Morgan fingerprint density at radius 2 is 1.93 bits per heavy atom. The molecule has 0 spiro atoms. The largest absolute Gasteiger partial charge is 0.486 e. The monoisotopic (exact) mass is 366 g/mol. The lowest BCUT2D eigenvalue weighted by Gasteiger charge is -2.27. The third-order valence-corrected chi connectivity index (χ3v) is 4.99. The van der Waals surface area contributed by atoms with E-state index < -0.39 is 0 Å². The molecule has 0 aliphatic carbocycles. The van der Waals surface area contributed by atoms with Crippen LogP contribution < -0.4 is 15.4 Å². The molecule has 3 rings (SSSR count). The third kappa shape index (κ3) is 5.03. The number of carbonyl (C=O) groups excluding carboxylic acids is 1. The molecule has 0 aromatic heterocycles. The molecule has 4 heteroatoms. The number of hydrogen-bond acceptors (Lipinski definition) is 3. The van der Waals surface area contributed by atoms with Gasteiger partial charge in [-0.25, -0.2) is 0 Å². The molecular weight excluding hydrogens is 336 g/mol. The molecule has 27 heavy (non-hydrogen) atoms. The SMILES string of the molecule is CCC1CNc2cc(NC(=O)CCc3ccc(C(C)(C)C)cc3)ccc2O1. The summed E-state index contributed by atoms with van der Waals surface area (Å²) in [4.78, 5) is 12.3. The van der Waals surface area contributed by atoms with Crippen molar-refractivity contribution in [3.8, 4) is 5.75 Å². The van der Waals surface area contributed by atoms with Crippen LogP contribution in [-0.2, 0) is 16.6 Å². The predicted octanol–water partition coefficient (Wildman–Crippen LogP) is 5.14. The van der Waals surface area contributed by atoms with E-state index in [9.17, 15) is 4.79 Å². The predicted molar refractivity (Wildman–Crippen MR) is 112 cm³/mol. The number of ether oxygens (including phenoxy) is 1. The summed E-state index contributed by atoms with van der Waals surface area (Å²) in [5.74, 6) is 0.878. The Bertz CT molecular complexity index is 791. The first-order valence-electron chi connectivity index (χ1n) is 9.79. The van der Waals surface area contributed by atoms with E-state index in [1.165, 1.54) is 11.1 Å². The number of carbonyl (C=O) groups is 1. The highest BCUT2D eigenvalue weighted by Crippen LogP contribution is 2.32. The zero-order valence-corrected chi connectivity index (χ0v) is 16.8. The second-order valence-electron chi connectivity index (χ2n) is 8.24. The van der Waals surface area contributed by atoms with Gasteiger partial charge in [-0.3, -0.25) is 4.79 Å². The zero-order valence-electron chi connectivity index (χ0n) is 16.8. The molecule has 0 bridgehead atoms. The standard InChI is InChI=1S/C23H30N2O2/c1-5-19-15-24-20-14-18(11-12-21(20)27-19)25-22(26)13-8-16-6-9-17(10-7-16)23(2,3)4/h6-7,9-12,14,19,24H,5,8,13,15H2,1-4H3,(H,25,26). The van der Waals surface area contributed by atoms with Crippen LogP contribution in [0.4, 0.5) is 11.4 Å². The van der Waals surface area contributed by atoms with Gasteiger partial charge in [-0.15, -0.1) is 0 Å². The second-order valence-corrected chi connectivity index (χ2v) is 8.24. The van der Waals surface area contributed by atoms with Crippen molar-refractivity contribution in [1.29, 1.82) is 0 Å². The Labute approximate surface area is 162 Å². The van der Waals surface area contributed by atoms with Crippen molar-refractivity contribution < 1.29 is 9.53 Å². The van der Waals surface area contributed by atoms with Crippen LogP contribution >= 0.6 is 0 Å². The van der Waals surface area contributed by atoms with Gasteiger partial charge >= 0.3 is 0 Å². The van der Waals surface area contributed by atoms with Crippen molar-refractivity contribution in [2.24, 2.45) is 0 Å². The van der Waals surface area contributed by atoms with Crippen molar-refractivity contribution in [3.05, 3.63) is 53.6 Å². The molecule has 0 fully saturated rings. The van der Waals surface area contributed by atoms with Crippen molar-refractivity contribution in [1.82, 2.24) is 0 Å². The molecule has 144 valence electrons. The fourth-order valence-electron chi connectivity index (χ4n) is 3.17. The summed E-state index contributed by atoms with van der Waals surface area (Å²) < 4.78 is 5.90. The molecule has 4 nitrogen and oxygen atoms in total. The lowest BCUT2D eigenvalue weighted by atomic mass is 9.86. The summed E-state index contributed by atoms with van der Waals surface area (Å²) in [7, 11) is 0. The van der Waals surface area contributed by atoms with Crippen molar-refractivity contribution in [3.63, 3.8) is 0 Å². The average Bonchev–Trinajstić information content (AvgIpc) is 2.65. The molecule has 0 saturated heterocycles. The smallest absolute Gasteiger partial charge is 0.224 e. The third-order valence-electron chi connectivity index (χ3n) is 4.99. The number of hydrogen-bond donors (Lipinski definition) is 2. The van der Waals surface area contributed by atoms with Gasteiger partial charge in [-0.05, 0) is 47.6 Å². The topological polar surface area (TPSA) is 50.4 Å². The molecule has 0 saturated carbocycles. The molecule has 1 aliphatic rings. The lowest BCUT2D eigenvalue weighted by molar-refractivity contribution is -0.116. The highest BCUT2D eigenvalue weighted by Gasteiger charge is 2.18. The van der Waals surface area contributed by atoms with E-state index in [0.717, 1.165) is 36.5 Å². The highest BCUT2D eigenvalue weighted by atomic mass is 16.5. The molecule has 1 heterocycles. The van der Waals surface area contributed by atoms with Crippen molar-refractivity contribution in [2.75, 3.05) is 17.2 Å². The number of nitrogens with one attached hydrogen (secondary N) is 2. The summed E-state index contributed by atoms with van der Waals surface area (Å²) in [5.41, 5.74) is 4.38. The summed E-state index contributed by atoms with van der Waals surface area (Å²) in [6, 6.07) is 14.3. The Kier molecular flexibility index (Phi) is 5.73. The van der Waals surface area contributed by atoms with Gasteiger partial charge in [-0.1, -0.05) is 52.0 Å². The summed E-state index contributed by atoms with van der Waals surface area (Å²) in [5, 5.41) is 6.36. The Balaban J connectivity index is 1.54. The van der Waals surface area contributed by atoms with Crippen LogP contribution in [0.1, 0.15) is 51.7 Å². The zero-order chi connectivity index (χ0) is 19.4. The van der Waals surface area contributed by atoms with Crippen LogP contribution in [0.5, 0.6) is 5.75 Å². The van der Waals surface area contributed by atoms with Gasteiger partial charge in [0, 0.05) is 12.1 Å².